The highest BCUT2D eigenvalue weighted by Gasteiger charge is 2.18. The highest BCUT2D eigenvalue weighted by molar-refractivity contribution is 9.10. The zero-order valence-corrected chi connectivity index (χ0v) is 10.5. The van der Waals surface area contributed by atoms with Crippen molar-refractivity contribution in [2.45, 2.75) is 12.5 Å². The molecule has 4 heteroatoms. The van der Waals surface area contributed by atoms with E-state index < -0.39 is 0 Å². The summed E-state index contributed by atoms with van der Waals surface area (Å²) < 4.78 is 11.9. The summed E-state index contributed by atoms with van der Waals surface area (Å²) >= 11 is 3.47. The third kappa shape index (κ3) is 2.23. The molecule has 0 saturated carbocycles. The van der Waals surface area contributed by atoms with Crippen molar-refractivity contribution in [3.05, 3.63) is 34.8 Å². The minimum Gasteiger partial charge on any atom is -0.486 e. The van der Waals surface area contributed by atoms with Crippen LogP contribution in [0.15, 0.2) is 29.3 Å². The Labute approximate surface area is 103 Å². The second-order valence-corrected chi connectivity index (χ2v) is 4.51. The molecule has 0 fully saturated rings. The van der Waals surface area contributed by atoms with Gasteiger partial charge in [-0.1, -0.05) is 6.08 Å². The second-order valence-electron chi connectivity index (χ2n) is 3.66. The van der Waals surface area contributed by atoms with Crippen LogP contribution >= 0.6 is 15.9 Å². The van der Waals surface area contributed by atoms with Gasteiger partial charge in [0, 0.05) is 6.04 Å². The maximum atomic E-state index is 6.02. The lowest BCUT2D eigenvalue weighted by Crippen LogP contribution is -2.17. The molecule has 2 rings (SSSR count). The van der Waals surface area contributed by atoms with E-state index in [0.717, 1.165) is 28.0 Å². The summed E-state index contributed by atoms with van der Waals surface area (Å²) in [6.07, 6.45) is 2.56. The van der Waals surface area contributed by atoms with E-state index in [1.165, 1.54) is 0 Å². The number of hydrogen-bond donors (Lipinski definition) is 1. The van der Waals surface area contributed by atoms with Gasteiger partial charge in [-0.2, -0.15) is 0 Å². The molecule has 3 nitrogen and oxygen atoms in total. The topological polar surface area (TPSA) is 44.5 Å². The molecule has 0 saturated heterocycles. The minimum absolute atomic E-state index is 0.0513. The fourth-order valence-electron chi connectivity index (χ4n) is 1.66. The van der Waals surface area contributed by atoms with Crippen molar-refractivity contribution in [1.82, 2.24) is 0 Å². The normalized spacial score (nSPS) is 15.6. The van der Waals surface area contributed by atoms with Gasteiger partial charge < -0.3 is 15.2 Å². The number of benzene rings is 1. The molecule has 16 heavy (non-hydrogen) atoms. The smallest absolute Gasteiger partial charge is 0.175 e. The van der Waals surface area contributed by atoms with E-state index in [1.807, 2.05) is 18.2 Å². The van der Waals surface area contributed by atoms with Gasteiger partial charge in [-0.3, -0.25) is 0 Å². The molecule has 1 aliphatic heterocycles. The van der Waals surface area contributed by atoms with Crippen molar-refractivity contribution >= 4 is 15.9 Å². The summed E-state index contributed by atoms with van der Waals surface area (Å²) in [6, 6.07) is 3.86. The van der Waals surface area contributed by atoms with Crippen molar-refractivity contribution in [2.24, 2.45) is 5.73 Å². The predicted octanol–water partition coefficient (Wildman–Crippen LogP) is 2.80. The van der Waals surface area contributed by atoms with Gasteiger partial charge in [0.25, 0.3) is 0 Å². The zero-order chi connectivity index (χ0) is 11.5. The molecule has 0 radical (unpaired) electrons. The first-order valence-corrected chi connectivity index (χ1v) is 5.97. The predicted molar refractivity (Wildman–Crippen MR) is 66.9 cm³/mol. The number of ether oxygens (including phenoxy) is 2. The Bertz CT molecular complexity index is 406. The zero-order valence-electron chi connectivity index (χ0n) is 8.91. The van der Waals surface area contributed by atoms with Crippen LogP contribution in [0.4, 0.5) is 0 Å². The van der Waals surface area contributed by atoms with E-state index in [4.69, 9.17) is 15.2 Å². The van der Waals surface area contributed by atoms with Crippen molar-refractivity contribution in [3.8, 4) is 11.5 Å². The molecule has 1 heterocycles. The Morgan fingerprint density at radius 3 is 2.94 bits per heavy atom. The fraction of sp³-hybridized carbons (Fsp3) is 0.333. The van der Waals surface area contributed by atoms with Gasteiger partial charge >= 0.3 is 0 Å². The van der Waals surface area contributed by atoms with Gasteiger partial charge in [-0.05, 0) is 40.0 Å². The molecular formula is C12H14BrNO2. The first-order chi connectivity index (χ1) is 7.72. The van der Waals surface area contributed by atoms with E-state index in [-0.39, 0.29) is 6.04 Å². The number of hydrogen-bond acceptors (Lipinski definition) is 3. The van der Waals surface area contributed by atoms with Crippen LogP contribution in [0, 0.1) is 0 Å². The van der Waals surface area contributed by atoms with Crippen molar-refractivity contribution in [1.29, 1.82) is 0 Å². The van der Waals surface area contributed by atoms with E-state index in [0.29, 0.717) is 13.2 Å². The maximum absolute atomic E-state index is 6.02. The van der Waals surface area contributed by atoms with Crippen LogP contribution in [0.5, 0.6) is 11.5 Å². The lowest BCUT2D eigenvalue weighted by Gasteiger charge is -2.21. The van der Waals surface area contributed by atoms with Crippen LogP contribution in [-0.2, 0) is 0 Å². The summed E-state index contributed by atoms with van der Waals surface area (Å²) in [7, 11) is 0. The number of fused-ring (bicyclic) bond motifs is 1. The number of nitrogens with two attached hydrogens (primary N) is 1. The average molecular weight is 284 g/mol. The summed E-state index contributed by atoms with van der Waals surface area (Å²) in [6.45, 7) is 4.86. The van der Waals surface area contributed by atoms with Crippen LogP contribution in [0.3, 0.4) is 0 Å². The summed E-state index contributed by atoms with van der Waals surface area (Å²) in [4.78, 5) is 0. The molecule has 0 unspecified atom stereocenters. The minimum atomic E-state index is -0.0513. The van der Waals surface area contributed by atoms with E-state index in [9.17, 15) is 0 Å². The molecule has 1 atom stereocenters. The molecule has 1 aromatic rings. The monoisotopic (exact) mass is 283 g/mol. The number of halogens is 1. The average Bonchev–Trinajstić information content (AvgIpc) is 2.29. The quantitative estimate of drug-likeness (QED) is 0.868. The summed E-state index contributed by atoms with van der Waals surface area (Å²) in [5.74, 6) is 1.52. The van der Waals surface area contributed by atoms with Crippen molar-refractivity contribution < 1.29 is 9.47 Å². The Morgan fingerprint density at radius 2 is 2.19 bits per heavy atom. The van der Waals surface area contributed by atoms with E-state index in [2.05, 4.69) is 22.5 Å². The summed E-state index contributed by atoms with van der Waals surface area (Å²) in [5.41, 5.74) is 7.04. The Hall–Kier alpha value is -1.00. The van der Waals surface area contributed by atoms with Crippen molar-refractivity contribution in [3.63, 3.8) is 0 Å². The fourth-order valence-corrected chi connectivity index (χ4v) is 2.23. The van der Waals surface area contributed by atoms with Crippen LogP contribution in [0.2, 0.25) is 0 Å². The van der Waals surface area contributed by atoms with Crippen LogP contribution in [0.1, 0.15) is 18.0 Å². The molecule has 0 aliphatic carbocycles. The molecule has 0 bridgehead atoms. The van der Waals surface area contributed by atoms with Crippen LogP contribution in [0.25, 0.3) is 0 Å². The lowest BCUT2D eigenvalue weighted by atomic mass is 10.0. The second kappa shape index (κ2) is 4.89. The molecule has 0 aromatic heterocycles. The molecule has 2 N–H and O–H groups in total. The SMILES string of the molecule is C=CC[C@H](N)c1cc(Br)c2c(c1)OCCO2. The molecule has 1 aliphatic rings. The first kappa shape index (κ1) is 11.5. The van der Waals surface area contributed by atoms with Crippen molar-refractivity contribution in [2.75, 3.05) is 13.2 Å². The third-order valence-electron chi connectivity index (χ3n) is 2.47. The summed E-state index contributed by atoms with van der Waals surface area (Å²) in [5, 5.41) is 0. The maximum Gasteiger partial charge on any atom is 0.175 e. The largest absolute Gasteiger partial charge is 0.486 e. The van der Waals surface area contributed by atoms with E-state index >= 15 is 0 Å². The van der Waals surface area contributed by atoms with Gasteiger partial charge in [0.05, 0.1) is 4.47 Å². The highest BCUT2D eigenvalue weighted by atomic mass is 79.9. The first-order valence-electron chi connectivity index (χ1n) is 5.18. The Balaban J connectivity index is 2.34. The standard InChI is InChI=1S/C12H14BrNO2/c1-2-3-10(14)8-6-9(13)12-11(7-8)15-4-5-16-12/h2,6-7,10H,1,3-5,14H2/t10-/m0/s1. The Kier molecular flexibility index (Phi) is 3.51. The lowest BCUT2D eigenvalue weighted by molar-refractivity contribution is 0.170. The van der Waals surface area contributed by atoms with Gasteiger partial charge in [0.15, 0.2) is 11.5 Å². The Morgan fingerprint density at radius 1 is 1.44 bits per heavy atom. The molecule has 86 valence electrons. The van der Waals surface area contributed by atoms with Gasteiger partial charge in [-0.15, -0.1) is 6.58 Å². The van der Waals surface area contributed by atoms with Crippen LogP contribution in [-0.4, -0.2) is 13.2 Å². The van der Waals surface area contributed by atoms with Gasteiger partial charge in [0.2, 0.25) is 0 Å². The van der Waals surface area contributed by atoms with Gasteiger partial charge in [0.1, 0.15) is 13.2 Å². The molecule has 0 spiro atoms. The number of rotatable bonds is 3. The van der Waals surface area contributed by atoms with Gasteiger partial charge in [-0.25, -0.2) is 0 Å². The third-order valence-corrected chi connectivity index (χ3v) is 3.06. The molecular weight excluding hydrogens is 270 g/mol. The highest BCUT2D eigenvalue weighted by Crippen LogP contribution is 2.39. The van der Waals surface area contributed by atoms with Crippen LogP contribution < -0.4 is 15.2 Å². The molecule has 0 amide bonds. The van der Waals surface area contributed by atoms with E-state index in [1.54, 1.807) is 0 Å². The molecule has 1 aromatic carbocycles.